The van der Waals surface area contributed by atoms with Crippen molar-refractivity contribution in [2.24, 2.45) is 0 Å². The predicted molar refractivity (Wildman–Crippen MR) is 80.2 cm³/mol. The van der Waals surface area contributed by atoms with Gasteiger partial charge in [0.1, 0.15) is 28.6 Å². The number of aryl methyl sites for hydroxylation is 1. The second-order valence-corrected chi connectivity index (χ2v) is 5.39. The van der Waals surface area contributed by atoms with Crippen LogP contribution in [0.2, 0.25) is 0 Å². The Kier molecular flexibility index (Phi) is 3.40. The lowest BCUT2D eigenvalue weighted by Gasteiger charge is -2.24. The zero-order valence-corrected chi connectivity index (χ0v) is 12.7. The first-order valence-electron chi connectivity index (χ1n) is 7.60. The maximum atomic E-state index is 13.6. The Bertz CT molecular complexity index is 940. The molecule has 1 unspecified atom stereocenters. The number of carbonyl (C=O) groups excluding carboxylic acids is 2. The van der Waals surface area contributed by atoms with E-state index in [2.05, 4.69) is 4.98 Å². The maximum absolute atomic E-state index is 13.6. The number of hydrogen-bond acceptors (Lipinski definition) is 5. The van der Waals surface area contributed by atoms with Gasteiger partial charge in [0.15, 0.2) is 5.78 Å². The highest BCUT2D eigenvalue weighted by Crippen LogP contribution is 2.27. The van der Waals surface area contributed by atoms with E-state index < -0.39 is 23.2 Å². The summed E-state index contributed by atoms with van der Waals surface area (Å²) in [6, 6.07) is 0.253. The number of rotatable bonds is 2. The topological polar surface area (TPSA) is 78.3 Å². The van der Waals surface area contributed by atoms with Crippen LogP contribution in [0.1, 0.15) is 32.5 Å². The molecule has 120 valence electrons. The van der Waals surface area contributed by atoms with E-state index in [0.29, 0.717) is 0 Å². The van der Waals surface area contributed by atoms with E-state index in [1.165, 1.54) is 14.0 Å². The molecule has 0 amide bonds. The van der Waals surface area contributed by atoms with Crippen molar-refractivity contribution in [3.8, 4) is 5.75 Å². The molecular weight excluding hydrogens is 303 g/mol. The highest BCUT2D eigenvalue weighted by atomic mass is 19.1. The molecule has 3 rings (SSSR count). The minimum absolute atomic E-state index is 0.000764. The summed E-state index contributed by atoms with van der Waals surface area (Å²) in [5.41, 5.74) is -0.569. The third kappa shape index (κ3) is 2.52. The van der Waals surface area contributed by atoms with Gasteiger partial charge in [-0.05, 0) is 13.3 Å². The Hall–Kier alpha value is -2.57. The standard InChI is InChI=1S/C16H15FN2O4/c1-8-18-11-5-9(17)6-14(23-2)15(11)16(22)19(8)12-4-3-10(20)7-13(12)21/h5-6,12H,3-4,7H2,1-2H3/i12D. The van der Waals surface area contributed by atoms with Crippen molar-refractivity contribution in [2.45, 2.75) is 32.2 Å². The van der Waals surface area contributed by atoms with Crippen LogP contribution in [0.3, 0.4) is 0 Å². The Morgan fingerprint density at radius 3 is 2.78 bits per heavy atom. The molecule has 23 heavy (non-hydrogen) atoms. The van der Waals surface area contributed by atoms with Crippen molar-refractivity contribution in [3.63, 3.8) is 0 Å². The molecule has 1 saturated carbocycles. The molecule has 7 heteroatoms. The van der Waals surface area contributed by atoms with Gasteiger partial charge in [0, 0.05) is 18.6 Å². The monoisotopic (exact) mass is 319 g/mol. The lowest BCUT2D eigenvalue weighted by atomic mass is 9.92. The van der Waals surface area contributed by atoms with Gasteiger partial charge < -0.3 is 4.74 Å². The number of ether oxygens (including phenoxy) is 1. The van der Waals surface area contributed by atoms with E-state index in [1.54, 1.807) is 0 Å². The van der Waals surface area contributed by atoms with Gasteiger partial charge in [0.2, 0.25) is 0 Å². The summed E-state index contributed by atoms with van der Waals surface area (Å²) < 4.78 is 28.1. The molecule has 6 nitrogen and oxygen atoms in total. The second-order valence-electron chi connectivity index (χ2n) is 5.39. The molecule has 0 aliphatic heterocycles. The van der Waals surface area contributed by atoms with E-state index in [4.69, 9.17) is 6.11 Å². The van der Waals surface area contributed by atoms with Gasteiger partial charge >= 0.3 is 0 Å². The summed E-state index contributed by atoms with van der Waals surface area (Å²) >= 11 is 0. The number of aromatic nitrogens is 2. The fourth-order valence-corrected chi connectivity index (χ4v) is 2.84. The SMILES string of the molecule is [2H]C1(n2c(C)nc3cc(F)cc(OC)c3c2=O)CCC(=O)CC1=O. The molecule has 1 aromatic carbocycles. The van der Waals surface area contributed by atoms with Gasteiger partial charge in [-0.1, -0.05) is 0 Å². The van der Waals surface area contributed by atoms with Crippen LogP contribution >= 0.6 is 0 Å². The fourth-order valence-electron chi connectivity index (χ4n) is 2.84. The molecule has 1 aliphatic rings. The van der Waals surface area contributed by atoms with E-state index in [0.717, 1.165) is 16.7 Å². The summed E-state index contributed by atoms with van der Waals surface area (Å²) in [5.74, 6) is -1.41. The largest absolute Gasteiger partial charge is 0.496 e. The second kappa shape index (κ2) is 5.57. The molecule has 1 aromatic heterocycles. The van der Waals surface area contributed by atoms with Crippen LogP contribution in [0.25, 0.3) is 10.9 Å². The van der Waals surface area contributed by atoms with E-state index in [9.17, 15) is 18.8 Å². The zero-order valence-electron chi connectivity index (χ0n) is 13.7. The van der Waals surface area contributed by atoms with Crippen LogP contribution in [0.5, 0.6) is 5.75 Å². The predicted octanol–water partition coefficient (Wildman–Crippen LogP) is 1.72. The smallest absolute Gasteiger partial charge is 0.265 e. The molecule has 1 heterocycles. The fraction of sp³-hybridized carbons (Fsp3) is 0.375. The number of hydrogen-bond donors (Lipinski definition) is 0. The summed E-state index contributed by atoms with van der Waals surface area (Å²) in [6.45, 7) is 1.47. The van der Waals surface area contributed by atoms with E-state index in [-0.39, 0.29) is 47.5 Å². The molecule has 2 aromatic rings. The number of benzene rings is 1. The molecular formula is C16H15FN2O4. The number of methoxy groups -OCH3 is 1. The third-order valence-corrected chi connectivity index (χ3v) is 3.88. The van der Waals surface area contributed by atoms with Crippen molar-refractivity contribution in [3.05, 3.63) is 34.1 Å². The molecule has 0 N–H and O–H groups in total. The van der Waals surface area contributed by atoms with Crippen molar-refractivity contribution in [2.75, 3.05) is 7.11 Å². The summed E-state index contributed by atoms with van der Waals surface area (Å²) in [7, 11) is 1.29. The summed E-state index contributed by atoms with van der Waals surface area (Å²) in [4.78, 5) is 40.8. The molecule has 1 fully saturated rings. The van der Waals surface area contributed by atoms with Crippen LogP contribution in [0, 0.1) is 12.7 Å². The van der Waals surface area contributed by atoms with Gasteiger partial charge in [-0.15, -0.1) is 0 Å². The highest BCUT2D eigenvalue weighted by Gasteiger charge is 2.31. The van der Waals surface area contributed by atoms with E-state index in [1.807, 2.05) is 0 Å². The lowest BCUT2D eigenvalue weighted by Crippen LogP contribution is -2.36. The van der Waals surface area contributed by atoms with Gasteiger partial charge in [-0.25, -0.2) is 9.37 Å². The number of halogens is 1. The van der Waals surface area contributed by atoms with Crippen molar-refractivity contribution >= 4 is 22.5 Å². The van der Waals surface area contributed by atoms with Gasteiger partial charge in [0.05, 0.1) is 26.4 Å². The van der Waals surface area contributed by atoms with Crippen LogP contribution in [0.15, 0.2) is 16.9 Å². The van der Waals surface area contributed by atoms with Crippen molar-refractivity contribution in [1.29, 1.82) is 0 Å². The van der Waals surface area contributed by atoms with Crippen molar-refractivity contribution < 1.29 is 20.1 Å². The van der Waals surface area contributed by atoms with Crippen molar-refractivity contribution in [1.82, 2.24) is 9.55 Å². The number of ketones is 2. The van der Waals surface area contributed by atoms with Gasteiger partial charge in [-0.3, -0.25) is 19.0 Å². The summed E-state index contributed by atoms with van der Waals surface area (Å²) in [6.07, 6.45) is -0.435. The quantitative estimate of drug-likeness (QED) is 0.788. The Balaban J connectivity index is 2.34. The average molecular weight is 319 g/mol. The number of fused-ring (bicyclic) bond motifs is 1. The van der Waals surface area contributed by atoms with Crippen LogP contribution in [0.4, 0.5) is 4.39 Å². The molecule has 1 atom stereocenters. The first-order chi connectivity index (χ1) is 11.3. The maximum Gasteiger partial charge on any atom is 0.265 e. The molecule has 0 bridgehead atoms. The number of Topliss-reactive ketones (excluding diaryl/α,β-unsaturated/α-hetero) is 2. The lowest BCUT2D eigenvalue weighted by molar-refractivity contribution is -0.132. The molecule has 1 aliphatic carbocycles. The summed E-state index contributed by atoms with van der Waals surface area (Å²) in [5, 5.41) is 0.000764. The Morgan fingerprint density at radius 2 is 2.13 bits per heavy atom. The van der Waals surface area contributed by atoms with Gasteiger partial charge in [0.25, 0.3) is 5.56 Å². The number of carbonyl (C=O) groups is 2. The molecule has 0 spiro atoms. The number of nitrogens with zero attached hydrogens (tertiary/aromatic N) is 2. The van der Waals surface area contributed by atoms with E-state index >= 15 is 0 Å². The zero-order chi connectivity index (χ0) is 17.6. The third-order valence-electron chi connectivity index (χ3n) is 3.88. The minimum Gasteiger partial charge on any atom is -0.496 e. The highest BCUT2D eigenvalue weighted by molar-refractivity contribution is 6.03. The van der Waals surface area contributed by atoms with Gasteiger partial charge in [-0.2, -0.15) is 0 Å². The average Bonchev–Trinajstić information content (AvgIpc) is 2.50. The molecule has 0 radical (unpaired) electrons. The minimum atomic E-state index is -1.89. The Labute approximate surface area is 132 Å². The normalized spacial score (nSPS) is 22.3. The van der Waals surface area contributed by atoms with Crippen LogP contribution < -0.4 is 10.3 Å². The Morgan fingerprint density at radius 1 is 1.39 bits per heavy atom. The first-order valence-corrected chi connectivity index (χ1v) is 7.10. The first kappa shape index (κ1) is 14.0. The van der Waals surface area contributed by atoms with Crippen LogP contribution in [-0.4, -0.2) is 28.2 Å². The van der Waals surface area contributed by atoms with Crippen LogP contribution in [-0.2, 0) is 9.59 Å². The molecule has 0 saturated heterocycles.